The molecule has 0 bridgehead atoms. The minimum Gasteiger partial charge on any atom is -0.309 e. The zero-order valence-corrected chi connectivity index (χ0v) is 11.5. The Morgan fingerprint density at radius 3 is 2.75 bits per heavy atom. The highest BCUT2D eigenvalue weighted by molar-refractivity contribution is 7.90. The Kier molecular flexibility index (Phi) is 4.89. The predicted molar refractivity (Wildman–Crippen MR) is 67.3 cm³/mol. The molecule has 0 saturated heterocycles. The summed E-state index contributed by atoms with van der Waals surface area (Å²) in [5, 5.41) is 5.84. The van der Waals surface area contributed by atoms with Crippen LogP contribution in [0, 0.1) is 0 Å². The number of nitrogens with one attached hydrogen (secondary N) is 1. The number of thiazole rings is 1. The monoisotopic (exact) mass is 262 g/mol. The van der Waals surface area contributed by atoms with Gasteiger partial charge in [-0.05, 0) is 0 Å². The largest absolute Gasteiger partial charge is 0.309 e. The summed E-state index contributed by atoms with van der Waals surface area (Å²) in [6.45, 7) is 6.48. The fourth-order valence-electron chi connectivity index (χ4n) is 1.10. The average molecular weight is 262 g/mol. The Labute approximate surface area is 101 Å². The first-order valence-electron chi connectivity index (χ1n) is 5.30. The minimum absolute atomic E-state index is 0.0653. The molecule has 1 N–H and O–H groups in total. The third kappa shape index (κ3) is 4.59. The molecule has 4 nitrogen and oxygen atoms in total. The molecule has 1 aromatic heterocycles. The van der Waals surface area contributed by atoms with Gasteiger partial charge in [-0.25, -0.2) is 13.4 Å². The van der Waals surface area contributed by atoms with Crippen LogP contribution < -0.4 is 5.32 Å². The Balaban J connectivity index is 2.58. The molecule has 1 heterocycles. The van der Waals surface area contributed by atoms with Crippen molar-refractivity contribution in [2.45, 2.75) is 39.1 Å². The number of hydrogen-bond acceptors (Lipinski definition) is 5. The molecule has 0 atom stereocenters. The van der Waals surface area contributed by atoms with E-state index in [2.05, 4.69) is 24.1 Å². The molecular formula is C10H18N2O2S2. The first kappa shape index (κ1) is 13.6. The molecule has 0 aromatic carbocycles. The van der Waals surface area contributed by atoms with Gasteiger partial charge in [0.1, 0.15) is 10.8 Å². The van der Waals surface area contributed by atoms with Crippen LogP contribution in [-0.4, -0.2) is 25.2 Å². The molecule has 0 fully saturated rings. The summed E-state index contributed by atoms with van der Waals surface area (Å²) in [4.78, 5) is 4.29. The smallest absolute Gasteiger partial charge is 0.156 e. The minimum atomic E-state index is -2.96. The lowest BCUT2D eigenvalue weighted by Gasteiger charge is -2.04. The summed E-state index contributed by atoms with van der Waals surface area (Å²) >= 11 is 1.41. The summed E-state index contributed by atoms with van der Waals surface area (Å²) in [6, 6.07) is 0.407. The van der Waals surface area contributed by atoms with Crippen molar-refractivity contribution in [3.63, 3.8) is 0 Å². The number of rotatable bonds is 6. The van der Waals surface area contributed by atoms with Gasteiger partial charge in [-0.3, -0.25) is 0 Å². The van der Waals surface area contributed by atoms with Crippen molar-refractivity contribution < 1.29 is 8.42 Å². The van der Waals surface area contributed by atoms with E-state index < -0.39 is 9.84 Å². The summed E-state index contributed by atoms with van der Waals surface area (Å²) in [5.74, 6) is 0.238. The topological polar surface area (TPSA) is 59.1 Å². The average Bonchev–Trinajstić information content (AvgIpc) is 2.62. The maximum Gasteiger partial charge on any atom is 0.156 e. The lowest BCUT2D eigenvalue weighted by Crippen LogP contribution is -2.22. The zero-order valence-electron chi connectivity index (χ0n) is 9.86. The van der Waals surface area contributed by atoms with Gasteiger partial charge in [0.15, 0.2) is 9.84 Å². The van der Waals surface area contributed by atoms with Crippen LogP contribution in [0.15, 0.2) is 5.38 Å². The highest BCUT2D eigenvalue weighted by Gasteiger charge is 2.12. The van der Waals surface area contributed by atoms with E-state index in [1.165, 1.54) is 11.3 Å². The van der Waals surface area contributed by atoms with Gasteiger partial charge in [-0.15, -0.1) is 11.3 Å². The molecule has 0 aliphatic rings. The number of hydrogen-bond donors (Lipinski definition) is 1. The van der Waals surface area contributed by atoms with E-state index in [4.69, 9.17) is 0 Å². The second-order valence-electron chi connectivity index (χ2n) is 3.94. The van der Waals surface area contributed by atoms with Crippen LogP contribution in [0.25, 0.3) is 0 Å². The molecule has 1 rings (SSSR count). The van der Waals surface area contributed by atoms with Crippen molar-refractivity contribution in [1.82, 2.24) is 10.3 Å². The molecule has 92 valence electrons. The Morgan fingerprint density at radius 1 is 1.50 bits per heavy atom. The summed E-state index contributed by atoms with van der Waals surface area (Å²) < 4.78 is 22.8. The molecule has 0 aliphatic heterocycles. The van der Waals surface area contributed by atoms with Crippen LogP contribution in [0.5, 0.6) is 0 Å². The lowest BCUT2D eigenvalue weighted by molar-refractivity contribution is 0.581. The molecule has 0 amide bonds. The summed E-state index contributed by atoms with van der Waals surface area (Å²) in [6.07, 6.45) is 0. The van der Waals surface area contributed by atoms with Crippen LogP contribution in [0.3, 0.4) is 0 Å². The highest BCUT2D eigenvalue weighted by Crippen LogP contribution is 2.13. The molecule has 0 spiro atoms. The van der Waals surface area contributed by atoms with Gasteiger partial charge >= 0.3 is 0 Å². The van der Waals surface area contributed by atoms with E-state index >= 15 is 0 Å². The van der Waals surface area contributed by atoms with Crippen LogP contribution in [0.2, 0.25) is 0 Å². The SMILES string of the molecule is CCS(=O)(=O)Cc1nc(CNC(C)C)cs1. The van der Waals surface area contributed by atoms with Crippen molar-refractivity contribution in [1.29, 1.82) is 0 Å². The van der Waals surface area contributed by atoms with Crippen molar-refractivity contribution >= 4 is 21.2 Å². The van der Waals surface area contributed by atoms with Gasteiger partial charge in [0.2, 0.25) is 0 Å². The molecule has 0 saturated carbocycles. The standard InChI is InChI=1S/C10H18N2O2S2/c1-4-16(13,14)7-10-12-9(6-15-10)5-11-8(2)3/h6,8,11H,4-5,7H2,1-3H3. The van der Waals surface area contributed by atoms with Crippen LogP contribution in [0.4, 0.5) is 0 Å². The summed E-state index contributed by atoms with van der Waals surface area (Å²) in [7, 11) is -2.96. The fraction of sp³-hybridized carbons (Fsp3) is 0.700. The predicted octanol–water partition coefficient (Wildman–Crippen LogP) is 1.58. The van der Waals surface area contributed by atoms with E-state index in [-0.39, 0.29) is 11.5 Å². The Hall–Kier alpha value is -0.460. The molecule has 6 heteroatoms. The molecule has 16 heavy (non-hydrogen) atoms. The number of aromatic nitrogens is 1. The van der Waals surface area contributed by atoms with Crippen molar-refractivity contribution in [3.8, 4) is 0 Å². The molecule has 0 unspecified atom stereocenters. The van der Waals surface area contributed by atoms with Crippen LogP contribution in [-0.2, 0) is 22.1 Å². The first-order valence-corrected chi connectivity index (χ1v) is 8.00. The Morgan fingerprint density at radius 2 is 2.19 bits per heavy atom. The van der Waals surface area contributed by atoms with Gasteiger partial charge in [-0.2, -0.15) is 0 Å². The maximum absolute atomic E-state index is 11.4. The number of nitrogens with zero attached hydrogens (tertiary/aromatic N) is 1. The van der Waals surface area contributed by atoms with Crippen molar-refractivity contribution in [2.24, 2.45) is 0 Å². The van der Waals surface area contributed by atoms with Gasteiger partial charge in [0.25, 0.3) is 0 Å². The van der Waals surface area contributed by atoms with Gasteiger partial charge in [0, 0.05) is 23.7 Å². The maximum atomic E-state index is 11.4. The second-order valence-corrected chi connectivity index (χ2v) is 7.24. The number of sulfone groups is 1. The van der Waals surface area contributed by atoms with E-state index in [9.17, 15) is 8.42 Å². The normalized spacial score (nSPS) is 12.2. The third-order valence-corrected chi connectivity index (χ3v) is 4.75. The van der Waals surface area contributed by atoms with E-state index in [0.29, 0.717) is 17.6 Å². The van der Waals surface area contributed by atoms with Crippen molar-refractivity contribution in [3.05, 3.63) is 16.1 Å². The molecule has 1 aromatic rings. The van der Waals surface area contributed by atoms with Gasteiger partial charge in [-0.1, -0.05) is 20.8 Å². The zero-order chi connectivity index (χ0) is 12.2. The quantitative estimate of drug-likeness (QED) is 0.845. The van der Waals surface area contributed by atoms with E-state index in [1.807, 2.05) is 5.38 Å². The summed E-state index contributed by atoms with van der Waals surface area (Å²) in [5.41, 5.74) is 0.917. The van der Waals surface area contributed by atoms with Crippen LogP contribution in [0.1, 0.15) is 31.5 Å². The molecular weight excluding hydrogens is 244 g/mol. The highest BCUT2D eigenvalue weighted by atomic mass is 32.2. The van der Waals surface area contributed by atoms with E-state index in [1.54, 1.807) is 6.92 Å². The van der Waals surface area contributed by atoms with Crippen LogP contribution >= 0.6 is 11.3 Å². The van der Waals surface area contributed by atoms with E-state index in [0.717, 1.165) is 5.69 Å². The molecule has 0 radical (unpaired) electrons. The van der Waals surface area contributed by atoms with Gasteiger partial charge in [0.05, 0.1) is 5.69 Å². The molecule has 0 aliphatic carbocycles. The van der Waals surface area contributed by atoms with Gasteiger partial charge < -0.3 is 5.32 Å². The van der Waals surface area contributed by atoms with Crippen molar-refractivity contribution in [2.75, 3.05) is 5.75 Å². The second kappa shape index (κ2) is 5.75. The Bertz CT molecular complexity index is 424. The third-order valence-electron chi connectivity index (χ3n) is 2.07. The first-order chi connectivity index (χ1) is 7.43. The lowest BCUT2D eigenvalue weighted by atomic mass is 10.4. The fourth-order valence-corrected chi connectivity index (χ4v) is 3.13.